The molecule has 0 saturated carbocycles. The second-order valence-electron chi connectivity index (χ2n) is 4.00. The summed E-state index contributed by atoms with van der Waals surface area (Å²) >= 11 is 0. The maximum Gasteiger partial charge on any atom is 0.371 e. The van der Waals surface area contributed by atoms with Crippen LogP contribution in [0.4, 0.5) is 0 Å². The summed E-state index contributed by atoms with van der Waals surface area (Å²) in [5.41, 5.74) is 0. The summed E-state index contributed by atoms with van der Waals surface area (Å²) in [4.78, 5) is 10.6. The highest BCUT2D eigenvalue weighted by Crippen LogP contribution is 2.21. The Morgan fingerprint density at radius 2 is 2.35 bits per heavy atom. The highest BCUT2D eigenvalue weighted by molar-refractivity contribution is 7.84. The van der Waals surface area contributed by atoms with Crippen LogP contribution in [0.2, 0.25) is 0 Å². The maximum absolute atomic E-state index is 12.0. The van der Waals surface area contributed by atoms with Gasteiger partial charge in [-0.2, -0.15) is 0 Å². The lowest BCUT2D eigenvalue weighted by Crippen LogP contribution is -2.23. The summed E-state index contributed by atoms with van der Waals surface area (Å²) < 4.78 is 22.5. The Kier molecular flexibility index (Phi) is 3.63. The minimum Gasteiger partial charge on any atom is -0.475 e. The molecule has 0 aromatic carbocycles. The summed E-state index contributed by atoms with van der Waals surface area (Å²) in [6, 6.07) is 2.94. The number of carboxylic acid groups (broad SMARTS) is 1. The Morgan fingerprint density at radius 3 is 2.88 bits per heavy atom. The van der Waals surface area contributed by atoms with Crippen LogP contribution in [0, 0.1) is 0 Å². The van der Waals surface area contributed by atoms with Gasteiger partial charge in [0.1, 0.15) is 5.76 Å². The minimum absolute atomic E-state index is 0.00776. The molecule has 1 aromatic heterocycles. The predicted octanol–water partition coefficient (Wildman–Crippen LogP) is 1.40. The van der Waals surface area contributed by atoms with Crippen molar-refractivity contribution in [3.8, 4) is 0 Å². The van der Waals surface area contributed by atoms with Gasteiger partial charge in [0.15, 0.2) is 0 Å². The molecule has 0 aliphatic carbocycles. The van der Waals surface area contributed by atoms with Gasteiger partial charge in [-0.05, 0) is 25.5 Å². The fourth-order valence-corrected chi connectivity index (χ4v) is 3.39. The lowest BCUT2D eigenvalue weighted by Gasteiger charge is -2.12. The molecule has 0 bridgehead atoms. The molecule has 6 heteroatoms. The number of rotatable bonds is 4. The van der Waals surface area contributed by atoms with Crippen LogP contribution in [-0.4, -0.2) is 33.2 Å². The van der Waals surface area contributed by atoms with Crippen molar-refractivity contribution in [3.05, 3.63) is 23.7 Å². The van der Waals surface area contributed by atoms with Gasteiger partial charge in [0, 0.05) is 17.4 Å². The van der Waals surface area contributed by atoms with Crippen molar-refractivity contribution >= 4 is 16.8 Å². The molecule has 0 amide bonds. The molecular formula is C11H14O5S. The molecule has 0 spiro atoms. The van der Waals surface area contributed by atoms with Gasteiger partial charge in [0.05, 0.1) is 17.1 Å². The molecule has 0 radical (unpaired) electrons. The molecular weight excluding hydrogens is 244 g/mol. The Morgan fingerprint density at radius 1 is 1.59 bits per heavy atom. The SMILES string of the molecule is CC1OCCC1S(=O)Cc1ccc(C(=O)O)o1. The van der Waals surface area contributed by atoms with Gasteiger partial charge in [-0.1, -0.05) is 0 Å². The van der Waals surface area contributed by atoms with Crippen LogP contribution in [0.3, 0.4) is 0 Å². The first kappa shape index (κ1) is 12.3. The average Bonchev–Trinajstić information content (AvgIpc) is 2.86. The van der Waals surface area contributed by atoms with Gasteiger partial charge in [-0.3, -0.25) is 4.21 Å². The van der Waals surface area contributed by atoms with Crippen molar-refractivity contribution in [3.63, 3.8) is 0 Å². The summed E-state index contributed by atoms with van der Waals surface area (Å²) in [6.07, 6.45) is 0.769. The maximum atomic E-state index is 12.0. The van der Waals surface area contributed by atoms with Crippen LogP contribution in [0.1, 0.15) is 29.7 Å². The standard InChI is InChI=1S/C11H14O5S/c1-7-10(4-5-15-7)17(14)6-8-2-3-9(16-8)11(12)13/h2-3,7,10H,4-6H2,1H3,(H,12,13). The molecule has 1 N–H and O–H groups in total. The normalized spacial score (nSPS) is 25.9. The first-order chi connectivity index (χ1) is 8.08. The van der Waals surface area contributed by atoms with Crippen molar-refractivity contribution in [2.24, 2.45) is 0 Å². The van der Waals surface area contributed by atoms with Crippen molar-refractivity contribution < 1.29 is 23.3 Å². The third-order valence-electron chi connectivity index (χ3n) is 2.80. The van der Waals surface area contributed by atoms with Crippen molar-refractivity contribution in [2.75, 3.05) is 6.61 Å². The van der Waals surface area contributed by atoms with E-state index in [9.17, 15) is 9.00 Å². The second-order valence-corrected chi connectivity index (χ2v) is 5.65. The molecule has 1 aliphatic rings. The molecule has 5 nitrogen and oxygen atoms in total. The van der Waals surface area contributed by atoms with Gasteiger partial charge in [0.2, 0.25) is 5.76 Å². The zero-order chi connectivity index (χ0) is 12.4. The molecule has 2 heterocycles. The van der Waals surface area contributed by atoms with E-state index < -0.39 is 16.8 Å². The van der Waals surface area contributed by atoms with Crippen molar-refractivity contribution in [2.45, 2.75) is 30.5 Å². The molecule has 3 unspecified atom stereocenters. The van der Waals surface area contributed by atoms with E-state index in [4.69, 9.17) is 14.3 Å². The topological polar surface area (TPSA) is 76.7 Å². The zero-order valence-electron chi connectivity index (χ0n) is 9.42. The molecule has 94 valence electrons. The lowest BCUT2D eigenvalue weighted by atomic mass is 10.3. The Labute approximate surface area is 101 Å². The fraction of sp³-hybridized carbons (Fsp3) is 0.545. The quantitative estimate of drug-likeness (QED) is 0.883. The number of ether oxygens (including phenoxy) is 1. The van der Waals surface area contributed by atoms with E-state index in [1.54, 1.807) is 6.07 Å². The lowest BCUT2D eigenvalue weighted by molar-refractivity contribution is 0.0660. The van der Waals surface area contributed by atoms with Gasteiger partial charge in [-0.15, -0.1) is 0 Å². The molecule has 3 atom stereocenters. The van der Waals surface area contributed by atoms with E-state index in [2.05, 4.69) is 0 Å². The van der Waals surface area contributed by atoms with Gasteiger partial charge in [-0.25, -0.2) is 4.79 Å². The molecule has 1 aromatic rings. The molecule has 1 aliphatic heterocycles. The number of hydrogen-bond donors (Lipinski definition) is 1. The highest BCUT2D eigenvalue weighted by atomic mass is 32.2. The van der Waals surface area contributed by atoms with Gasteiger partial charge in [0.25, 0.3) is 0 Å². The van der Waals surface area contributed by atoms with Crippen LogP contribution in [0.5, 0.6) is 0 Å². The van der Waals surface area contributed by atoms with Gasteiger partial charge >= 0.3 is 5.97 Å². The third-order valence-corrected chi connectivity index (χ3v) is 4.66. The second kappa shape index (κ2) is 5.01. The number of carbonyl (C=O) groups is 1. The van der Waals surface area contributed by atoms with Crippen LogP contribution in [0.25, 0.3) is 0 Å². The van der Waals surface area contributed by atoms with E-state index in [1.165, 1.54) is 6.07 Å². The summed E-state index contributed by atoms with van der Waals surface area (Å²) in [5.74, 6) is -0.543. The fourth-order valence-electron chi connectivity index (χ4n) is 1.87. The Balaban J connectivity index is 2.00. The van der Waals surface area contributed by atoms with Gasteiger partial charge < -0.3 is 14.3 Å². The van der Waals surface area contributed by atoms with Crippen molar-refractivity contribution in [1.29, 1.82) is 0 Å². The summed E-state index contributed by atoms with van der Waals surface area (Å²) in [7, 11) is -1.09. The van der Waals surface area contributed by atoms with E-state index in [0.29, 0.717) is 12.4 Å². The largest absolute Gasteiger partial charge is 0.475 e. The summed E-state index contributed by atoms with van der Waals surface area (Å²) in [6.45, 7) is 2.54. The number of furan rings is 1. The minimum atomic E-state index is -1.11. The van der Waals surface area contributed by atoms with Crippen LogP contribution in [-0.2, 0) is 21.3 Å². The Hall–Kier alpha value is -1.14. The zero-order valence-corrected chi connectivity index (χ0v) is 10.2. The first-order valence-corrected chi connectivity index (χ1v) is 6.77. The van der Waals surface area contributed by atoms with E-state index >= 15 is 0 Å². The number of aromatic carboxylic acids is 1. The molecule has 2 rings (SSSR count). The smallest absolute Gasteiger partial charge is 0.371 e. The average molecular weight is 258 g/mol. The monoisotopic (exact) mass is 258 g/mol. The van der Waals surface area contributed by atoms with Crippen LogP contribution in [0.15, 0.2) is 16.5 Å². The Bertz CT molecular complexity index is 439. The number of hydrogen-bond acceptors (Lipinski definition) is 4. The van der Waals surface area contributed by atoms with Crippen LogP contribution >= 0.6 is 0 Å². The van der Waals surface area contributed by atoms with Crippen molar-refractivity contribution in [1.82, 2.24) is 0 Å². The molecule has 17 heavy (non-hydrogen) atoms. The van der Waals surface area contributed by atoms with E-state index in [1.807, 2.05) is 6.92 Å². The predicted molar refractivity (Wildman–Crippen MR) is 61.3 cm³/mol. The number of carboxylic acids is 1. The van der Waals surface area contributed by atoms with E-state index in [-0.39, 0.29) is 22.9 Å². The molecule has 1 saturated heterocycles. The third kappa shape index (κ3) is 2.76. The van der Waals surface area contributed by atoms with Crippen LogP contribution < -0.4 is 0 Å². The first-order valence-electron chi connectivity index (χ1n) is 5.38. The highest BCUT2D eigenvalue weighted by Gasteiger charge is 2.30. The molecule has 1 fully saturated rings. The van der Waals surface area contributed by atoms with E-state index in [0.717, 1.165) is 6.42 Å². The summed E-state index contributed by atoms with van der Waals surface area (Å²) in [5, 5.41) is 8.70.